The Kier molecular flexibility index (Phi) is 6.36. The van der Waals surface area contributed by atoms with Crippen molar-refractivity contribution in [1.82, 2.24) is 0 Å². The van der Waals surface area contributed by atoms with E-state index < -0.39 is 18.3 Å². The van der Waals surface area contributed by atoms with Crippen LogP contribution in [0.15, 0.2) is 58.7 Å². The molecule has 2 aromatic carbocycles. The average Bonchev–Trinajstić information content (AvgIpc) is 2.90. The van der Waals surface area contributed by atoms with Gasteiger partial charge >= 0.3 is 7.12 Å². The van der Waals surface area contributed by atoms with Crippen LogP contribution in [-0.4, -0.2) is 29.7 Å². The van der Waals surface area contributed by atoms with Gasteiger partial charge in [-0.3, -0.25) is 0 Å². The molecule has 4 N–H and O–H groups in total. The maximum absolute atomic E-state index is 6.10. The number of nitrogens with two attached hydrogens (primary N) is 2. The second-order valence-electron chi connectivity index (χ2n) is 7.93. The third-order valence-corrected chi connectivity index (χ3v) is 6.07. The first-order valence-corrected chi connectivity index (χ1v) is 10.4. The van der Waals surface area contributed by atoms with Crippen molar-refractivity contribution in [3.8, 4) is 0 Å². The van der Waals surface area contributed by atoms with Gasteiger partial charge in [0, 0.05) is 17.0 Å². The summed E-state index contributed by atoms with van der Waals surface area (Å²) in [6.07, 6.45) is 1.60. The van der Waals surface area contributed by atoms with Crippen LogP contribution >= 0.6 is 11.8 Å². The minimum absolute atomic E-state index is 0.394. The summed E-state index contributed by atoms with van der Waals surface area (Å²) in [7, 11) is -0.456. The van der Waals surface area contributed by atoms with Crippen LogP contribution < -0.4 is 16.9 Å². The summed E-state index contributed by atoms with van der Waals surface area (Å²) in [6, 6.07) is 15.7. The highest BCUT2D eigenvalue weighted by atomic mass is 32.2. The molecule has 0 bridgehead atoms. The first-order valence-electron chi connectivity index (χ1n) is 9.46. The molecule has 29 heavy (non-hydrogen) atoms. The third-order valence-electron chi connectivity index (χ3n) is 5.22. The molecule has 6 nitrogen and oxygen atoms in total. The minimum Gasteiger partial charge on any atom is -0.399 e. The van der Waals surface area contributed by atoms with E-state index in [1.807, 2.05) is 76.2 Å². The molecule has 0 saturated carbocycles. The molecule has 0 radical (unpaired) electrons. The Morgan fingerprint density at radius 1 is 1.07 bits per heavy atom. The van der Waals surface area contributed by atoms with Gasteiger partial charge in [-0.15, -0.1) is 5.10 Å². The van der Waals surface area contributed by atoms with Crippen LogP contribution in [0, 0.1) is 0 Å². The van der Waals surface area contributed by atoms with E-state index in [4.69, 9.17) is 20.8 Å². The Hall–Kier alpha value is -2.29. The minimum atomic E-state index is -0.456. The zero-order valence-corrected chi connectivity index (χ0v) is 18.1. The topological polar surface area (TPSA) is 95.2 Å². The Balaban J connectivity index is 1.67. The summed E-state index contributed by atoms with van der Waals surface area (Å²) in [6.45, 7) is 8.10. The lowest BCUT2D eigenvalue weighted by molar-refractivity contribution is 0.00578. The van der Waals surface area contributed by atoms with Gasteiger partial charge in [0.2, 0.25) is 0 Å². The second-order valence-corrected chi connectivity index (χ2v) is 8.93. The van der Waals surface area contributed by atoms with Crippen LogP contribution in [0.3, 0.4) is 0 Å². The van der Waals surface area contributed by atoms with Crippen molar-refractivity contribution in [2.45, 2.75) is 44.6 Å². The molecular weight excluding hydrogens is 383 g/mol. The number of amidine groups is 1. The van der Waals surface area contributed by atoms with Gasteiger partial charge in [-0.25, -0.2) is 0 Å². The molecule has 0 amide bonds. The molecule has 152 valence electrons. The summed E-state index contributed by atoms with van der Waals surface area (Å²) >= 11 is 1.43. The number of nitrogen functional groups attached to an aromatic ring is 1. The molecule has 8 heteroatoms. The predicted octanol–water partition coefficient (Wildman–Crippen LogP) is 3.15. The molecule has 1 heterocycles. The smallest absolute Gasteiger partial charge is 0.399 e. The van der Waals surface area contributed by atoms with Gasteiger partial charge in [0.1, 0.15) is 0 Å². The predicted molar refractivity (Wildman–Crippen MR) is 124 cm³/mol. The summed E-state index contributed by atoms with van der Waals surface area (Å²) < 4.78 is 12.2. The zero-order chi connectivity index (χ0) is 21.1. The van der Waals surface area contributed by atoms with Crippen LogP contribution in [0.25, 0.3) is 0 Å². The fourth-order valence-electron chi connectivity index (χ4n) is 2.74. The van der Waals surface area contributed by atoms with Crippen LogP contribution in [0.4, 0.5) is 5.69 Å². The standard InChI is InChI=1S/C21H27BN4O2S/c1-20(2)21(3,4)28-22(27-20)17-10-11-18(23)16(12-17)13-25-26-19(24)29-14-15-8-6-5-7-9-15/h5-13H,14,23H2,1-4H3,(H2,24,26). The van der Waals surface area contributed by atoms with Crippen molar-refractivity contribution >= 4 is 41.4 Å². The molecule has 1 aliphatic heterocycles. The zero-order valence-electron chi connectivity index (χ0n) is 17.3. The maximum atomic E-state index is 6.10. The number of anilines is 1. The molecule has 0 spiro atoms. The maximum Gasteiger partial charge on any atom is 0.494 e. The Morgan fingerprint density at radius 2 is 1.72 bits per heavy atom. The Labute approximate surface area is 176 Å². The van der Waals surface area contributed by atoms with Crippen molar-refractivity contribution < 1.29 is 9.31 Å². The van der Waals surface area contributed by atoms with Gasteiger partial charge in [0.25, 0.3) is 0 Å². The molecular formula is C21H27BN4O2S. The summed E-state index contributed by atoms with van der Waals surface area (Å²) in [5.74, 6) is 0.741. The van der Waals surface area contributed by atoms with Crippen LogP contribution in [0.1, 0.15) is 38.8 Å². The van der Waals surface area contributed by atoms with E-state index in [-0.39, 0.29) is 0 Å². The molecule has 2 aromatic rings. The van der Waals surface area contributed by atoms with Crippen molar-refractivity contribution in [3.05, 3.63) is 59.7 Å². The van der Waals surface area contributed by atoms with Crippen LogP contribution in [-0.2, 0) is 15.1 Å². The Bertz CT molecular complexity index is 900. The van der Waals surface area contributed by atoms with Crippen LogP contribution in [0.2, 0.25) is 0 Å². The number of hydrogen-bond acceptors (Lipinski definition) is 6. The molecule has 0 atom stereocenters. The lowest BCUT2D eigenvalue weighted by Gasteiger charge is -2.32. The van der Waals surface area contributed by atoms with Crippen molar-refractivity contribution in [1.29, 1.82) is 0 Å². The first kappa shape index (κ1) is 21.4. The van der Waals surface area contributed by atoms with Gasteiger partial charge in [-0.05, 0) is 44.8 Å². The first-order chi connectivity index (χ1) is 13.7. The largest absolute Gasteiger partial charge is 0.494 e. The lowest BCUT2D eigenvalue weighted by Crippen LogP contribution is -2.41. The van der Waals surface area contributed by atoms with Crippen molar-refractivity contribution in [2.24, 2.45) is 15.9 Å². The molecule has 0 aromatic heterocycles. The normalized spacial score (nSPS) is 18.5. The average molecular weight is 410 g/mol. The van der Waals surface area contributed by atoms with Gasteiger partial charge in [0.15, 0.2) is 5.17 Å². The summed E-state index contributed by atoms with van der Waals surface area (Å²) in [5.41, 5.74) is 14.6. The summed E-state index contributed by atoms with van der Waals surface area (Å²) in [4.78, 5) is 0. The molecule has 1 fully saturated rings. The van der Waals surface area contributed by atoms with Gasteiger partial charge in [-0.2, -0.15) is 5.10 Å². The van der Waals surface area contributed by atoms with E-state index in [9.17, 15) is 0 Å². The van der Waals surface area contributed by atoms with E-state index >= 15 is 0 Å². The quantitative estimate of drug-likeness (QED) is 0.260. The number of nitrogens with zero attached hydrogens (tertiary/aromatic N) is 2. The molecule has 3 rings (SSSR count). The molecule has 0 aliphatic carbocycles. The molecule has 0 unspecified atom stereocenters. The number of thioether (sulfide) groups is 1. The molecule has 1 aliphatic rings. The van der Waals surface area contributed by atoms with E-state index in [1.165, 1.54) is 17.3 Å². The number of hydrogen-bond donors (Lipinski definition) is 2. The fraction of sp³-hybridized carbons (Fsp3) is 0.333. The van der Waals surface area contributed by atoms with E-state index in [0.29, 0.717) is 10.9 Å². The monoisotopic (exact) mass is 410 g/mol. The number of rotatable bonds is 5. The highest BCUT2D eigenvalue weighted by Gasteiger charge is 2.51. The third kappa shape index (κ3) is 5.20. The lowest BCUT2D eigenvalue weighted by atomic mass is 9.78. The second kappa shape index (κ2) is 8.61. The highest BCUT2D eigenvalue weighted by molar-refractivity contribution is 8.13. The fourth-order valence-corrected chi connectivity index (χ4v) is 3.35. The highest BCUT2D eigenvalue weighted by Crippen LogP contribution is 2.36. The van der Waals surface area contributed by atoms with E-state index in [2.05, 4.69) is 10.2 Å². The SMILES string of the molecule is CC1(C)OB(c2ccc(N)c(C=NN=C(N)SCc3ccccc3)c2)OC1(C)C. The van der Waals surface area contributed by atoms with Crippen LogP contribution in [0.5, 0.6) is 0 Å². The number of benzene rings is 2. The molecule has 1 saturated heterocycles. The Morgan fingerprint density at radius 3 is 2.38 bits per heavy atom. The van der Waals surface area contributed by atoms with Gasteiger partial charge < -0.3 is 20.8 Å². The van der Waals surface area contributed by atoms with Crippen molar-refractivity contribution in [2.75, 3.05) is 5.73 Å². The van der Waals surface area contributed by atoms with E-state index in [1.54, 1.807) is 6.21 Å². The van der Waals surface area contributed by atoms with Crippen molar-refractivity contribution in [3.63, 3.8) is 0 Å². The van der Waals surface area contributed by atoms with Gasteiger partial charge in [0.05, 0.1) is 17.4 Å². The van der Waals surface area contributed by atoms with Gasteiger partial charge in [-0.1, -0.05) is 54.2 Å². The summed E-state index contributed by atoms with van der Waals surface area (Å²) in [5, 5.41) is 8.55. The van der Waals surface area contributed by atoms with E-state index in [0.717, 1.165) is 16.8 Å².